The monoisotopic (exact) mass is 311 g/mol. The summed E-state index contributed by atoms with van der Waals surface area (Å²) in [6, 6.07) is 7.39. The summed E-state index contributed by atoms with van der Waals surface area (Å²) in [4.78, 5) is 2.65. The molecular weight excluding hydrogens is 286 g/mol. The van der Waals surface area contributed by atoms with Gasteiger partial charge in [0.15, 0.2) is 0 Å². The maximum atomic E-state index is 12.2. The molecule has 0 amide bonds. The number of hydrogen-bond donors (Lipinski definition) is 1. The molecule has 1 aromatic carbocycles. The lowest BCUT2D eigenvalue weighted by Gasteiger charge is -2.34. The number of hydrogen-bond acceptors (Lipinski definition) is 4. The van der Waals surface area contributed by atoms with Gasteiger partial charge in [0.25, 0.3) is 0 Å². The molecular formula is C15H25N3O2S. The highest BCUT2D eigenvalue weighted by atomic mass is 32.2. The Hall–Kier alpha value is -0.950. The molecule has 0 aliphatic carbocycles. The van der Waals surface area contributed by atoms with Gasteiger partial charge in [0.2, 0.25) is 10.0 Å². The van der Waals surface area contributed by atoms with Crippen LogP contribution in [0.3, 0.4) is 0 Å². The molecule has 0 aromatic heterocycles. The normalized spacial score (nSPS) is 24.4. The number of piperidine rings is 1. The lowest BCUT2D eigenvalue weighted by Crippen LogP contribution is -2.45. The Morgan fingerprint density at radius 3 is 2.67 bits per heavy atom. The van der Waals surface area contributed by atoms with Crippen molar-refractivity contribution in [3.63, 3.8) is 0 Å². The molecule has 0 spiro atoms. The van der Waals surface area contributed by atoms with Crippen molar-refractivity contribution >= 4 is 10.0 Å². The summed E-state index contributed by atoms with van der Waals surface area (Å²) >= 11 is 0. The smallest absolute Gasteiger partial charge is 0.242 e. The lowest BCUT2D eigenvalue weighted by atomic mass is 9.96. The van der Waals surface area contributed by atoms with Crippen molar-refractivity contribution < 1.29 is 8.42 Å². The molecule has 1 aliphatic heterocycles. The minimum absolute atomic E-state index is 0.211. The summed E-state index contributed by atoms with van der Waals surface area (Å²) < 4.78 is 25.6. The summed E-state index contributed by atoms with van der Waals surface area (Å²) in [5.41, 5.74) is 7.08. The van der Waals surface area contributed by atoms with Crippen LogP contribution in [-0.2, 0) is 16.6 Å². The zero-order chi connectivity index (χ0) is 15.6. The fraction of sp³-hybridized carbons (Fsp3) is 0.600. The summed E-state index contributed by atoms with van der Waals surface area (Å²) in [5.74, 6) is 0.586. The van der Waals surface area contributed by atoms with E-state index in [1.165, 1.54) is 4.31 Å². The highest BCUT2D eigenvalue weighted by molar-refractivity contribution is 7.89. The van der Waals surface area contributed by atoms with Gasteiger partial charge in [-0.3, -0.25) is 4.90 Å². The summed E-state index contributed by atoms with van der Waals surface area (Å²) in [6.07, 6.45) is 1.06. The Labute approximate surface area is 127 Å². The van der Waals surface area contributed by atoms with Gasteiger partial charge >= 0.3 is 0 Å². The fourth-order valence-corrected chi connectivity index (χ4v) is 3.89. The first kappa shape index (κ1) is 16.4. The van der Waals surface area contributed by atoms with Crippen LogP contribution in [0, 0.1) is 5.92 Å². The van der Waals surface area contributed by atoms with Crippen LogP contribution in [0.1, 0.15) is 18.9 Å². The van der Waals surface area contributed by atoms with Crippen LogP contribution in [-0.4, -0.2) is 50.8 Å². The van der Waals surface area contributed by atoms with Crippen molar-refractivity contribution in [3.8, 4) is 0 Å². The molecule has 1 aromatic rings. The number of rotatable bonds is 4. The van der Waals surface area contributed by atoms with Crippen LogP contribution < -0.4 is 5.73 Å². The van der Waals surface area contributed by atoms with E-state index in [0.29, 0.717) is 10.8 Å². The predicted molar refractivity (Wildman–Crippen MR) is 84.3 cm³/mol. The molecule has 6 heteroatoms. The number of benzene rings is 1. The molecule has 21 heavy (non-hydrogen) atoms. The Balaban J connectivity index is 2.15. The standard InChI is InChI=1S/C15H25N3O2S/c1-12-7-14(16)11-18(9-12)10-13-5-4-6-15(8-13)21(19,20)17(2)3/h4-6,8,12,14H,7,9-11,16H2,1-3H3. The van der Waals surface area contributed by atoms with Crippen LogP contribution in [0.25, 0.3) is 0 Å². The zero-order valence-corrected chi connectivity index (χ0v) is 13.8. The first-order valence-electron chi connectivity index (χ1n) is 7.28. The minimum atomic E-state index is -3.37. The van der Waals surface area contributed by atoms with Gasteiger partial charge in [0.05, 0.1) is 4.90 Å². The lowest BCUT2D eigenvalue weighted by molar-refractivity contribution is 0.158. The van der Waals surface area contributed by atoms with Gasteiger partial charge in [-0.05, 0) is 30.0 Å². The van der Waals surface area contributed by atoms with E-state index in [0.717, 1.165) is 31.6 Å². The Bertz CT molecular complexity index is 576. The van der Waals surface area contributed by atoms with Gasteiger partial charge in [-0.15, -0.1) is 0 Å². The van der Waals surface area contributed by atoms with Gasteiger partial charge in [-0.25, -0.2) is 12.7 Å². The van der Waals surface area contributed by atoms with Crippen LogP contribution in [0.2, 0.25) is 0 Å². The van der Waals surface area contributed by atoms with Crippen LogP contribution in [0.15, 0.2) is 29.2 Å². The van der Waals surface area contributed by atoms with Gasteiger partial charge < -0.3 is 5.73 Å². The zero-order valence-electron chi connectivity index (χ0n) is 13.0. The van der Waals surface area contributed by atoms with E-state index >= 15 is 0 Å². The second-order valence-corrected chi connectivity index (χ2v) is 8.38. The SMILES string of the molecule is CC1CC(N)CN(Cc2cccc(S(=O)(=O)N(C)C)c2)C1. The first-order valence-corrected chi connectivity index (χ1v) is 8.72. The van der Waals surface area contributed by atoms with E-state index in [1.807, 2.05) is 6.07 Å². The van der Waals surface area contributed by atoms with Crippen molar-refractivity contribution in [2.24, 2.45) is 11.7 Å². The Kier molecular flexibility index (Phi) is 5.03. The first-order chi connectivity index (χ1) is 9.79. The molecule has 118 valence electrons. The van der Waals surface area contributed by atoms with Crippen LogP contribution in [0.5, 0.6) is 0 Å². The molecule has 1 heterocycles. The minimum Gasteiger partial charge on any atom is -0.327 e. The molecule has 0 bridgehead atoms. The van der Waals surface area contributed by atoms with Crippen molar-refractivity contribution in [2.45, 2.75) is 30.8 Å². The van der Waals surface area contributed by atoms with E-state index < -0.39 is 10.0 Å². The highest BCUT2D eigenvalue weighted by Crippen LogP contribution is 2.20. The predicted octanol–water partition coefficient (Wildman–Crippen LogP) is 1.11. The second-order valence-electron chi connectivity index (χ2n) is 6.23. The molecule has 1 aliphatic rings. The molecule has 0 radical (unpaired) electrons. The molecule has 2 N–H and O–H groups in total. The third kappa shape index (κ3) is 4.03. The van der Waals surface area contributed by atoms with Gasteiger partial charge in [-0.2, -0.15) is 0 Å². The maximum Gasteiger partial charge on any atom is 0.242 e. The molecule has 0 saturated carbocycles. The average Bonchev–Trinajstić information content (AvgIpc) is 2.37. The van der Waals surface area contributed by atoms with E-state index in [9.17, 15) is 8.42 Å². The Morgan fingerprint density at radius 1 is 1.33 bits per heavy atom. The number of nitrogens with zero attached hydrogens (tertiary/aromatic N) is 2. The number of nitrogens with two attached hydrogens (primary N) is 1. The van der Waals surface area contributed by atoms with Gasteiger partial charge in [0, 0.05) is 39.8 Å². The van der Waals surface area contributed by atoms with Gasteiger partial charge in [-0.1, -0.05) is 19.1 Å². The summed E-state index contributed by atoms with van der Waals surface area (Å²) in [7, 11) is -0.274. The van der Waals surface area contributed by atoms with E-state index in [1.54, 1.807) is 32.3 Å². The molecule has 2 rings (SSSR count). The van der Waals surface area contributed by atoms with Crippen LogP contribution in [0.4, 0.5) is 0 Å². The number of sulfonamides is 1. The molecule has 2 unspecified atom stereocenters. The van der Waals surface area contributed by atoms with Crippen molar-refractivity contribution in [1.82, 2.24) is 9.21 Å². The summed E-state index contributed by atoms with van der Waals surface area (Å²) in [6.45, 7) is 4.83. The van der Waals surface area contributed by atoms with E-state index in [-0.39, 0.29) is 6.04 Å². The average molecular weight is 311 g/mol. The number of likely N-dealkylation sites (tertiary alicyclic amines) is 1. The largest absolute Gasteiger partial charge is 0.327 e. The molecule has 1 saturated heterocycles. The maximum absolute atomic E-state index is 12.2. The van der Waals surface area contributed by atoms with Crippen molar-refractivity contribution in [1.29, 1.82) is 0 Å². The highest BCUT2D eigenvalue weighted by Gasteiger charge is 2.23. The Morgan fingerprint density at radius 2 is 2.05 bits per heavy atom. The van der Waals surface area contributed by atoms with E-state index in [2.05, 4.69) is 11.8 Å². The molecule has 2 atom stereocenters. The third-order valence-electron chi connectivity index (χ3n) is 3.85. The van der Waals surface area contributed by atoms with Gasteiger partial charge in [0.1, 0.15) is 0 Å². The quantitative estimate of drug-likeness (QED) is 0.904. The topological polar surface area (TPSA) is 66.6 Å². The van der Waals surface area contributed by atoms with Crippen molar-refractivity contribution in [2.75, 3.05) is 27.2 Å². The molecule has 5 nitrogen and oxygen atoms in total. The third-order valence-corrected chi connectivity index (χ3v) is 5.66. The van der Waals surface area contributed by atoms with Crippen molar-refractivity contribution in [3.05, 3.63) is 29.8 Å². The fourth-order valence-electron chi connectivity index (χ4n) is 2.92. The summed E-state index contributed by atoms with van der Waals surface area (Å²) in [5, 5.41) is 0. The van der Waals surface area contributed by atoms with E-state index in [4.69, 9.17) is 5.73 Å². The van der Waals surface area contributed by atoms with Crippen LogP contribution >= 0.6 is 0 Å². The molecule has 1 fully saturated rings. The second kappa shape index (κ2) is 6.44.